The zero-order chi connectivity index (χ0) is 17.8. The predicted molar refractivity (Wildman–Crippen MR) is 96.3 cm³/mol. The highest BCUT2D eigenvalue weighted by molar-refractivity contribution is 6.06. The lowest BCUT2D eigenvalue weighted by atomic mass is 9.88. The Morgan fingerprint density at radius 1 is 1.08 bits per heavy atom. The number of aromatic hydroxyl groups is 1. The molecule has 1 heterocycles. The zero-order valence-electron chi connectivity index (χ0n) is 14.2. The van der Waals surface area contributed by atoms with Crippen molar-refractivity contribution in [1.82, 2.24) is 4.98 Å². The lowest BCUT2D eigenvalue weighted by molar-refractivity contribution is 0.0695. The number of carbonyl (C=O) groups is 1. The molecule has 4 nitrogen and oxygen atoms in total. The summed E-state index contributed by atoms with van der Waals surface area (Å²) < 4.78 is 0. The Kier molecular flexibility index (Phi) is 3.32. The number of aromatic carboxylic acids is 1. The molecule has 25 heavy (non-hydrogen) atoms. The summed E-state index contributed by atoms with van der Waals surface area (Å²) in [6.45, 7) is 3.94. The van der Waals surface area contributed by atoms with Crippen LogP contribution in [-0.4, -0.2) is 21.2 Å². The number of carboxylic acids is 1. The highest BCUT2D eigenvalue weighted by atomic mass is 16.4. The first-order valence-electron chi connectivity index (χ1n) is 8.37. The molecule has 2 N–H and O–H groups in total. The van der Waals surface area contributed by atoms with Crippen molar-refractivity contribution in [3.63, 3.8) is 0 Å². The molecule has 2 aromatic carbocycles. The van der Waals surface area contributed by atoms with Crippen LogP contribution in [0.3, 0.4) is 0 Å². The summed E-state index contributed by atoms with van der Waals surface area (Å²) in [7, 11) is 0. The highest BCUT2D eigenvalue weighted by Gasteiger charge is 2.50. The first-order valence-corrected chi connectivity index (χ1v) is 8.37. The number of para-hydroxylation sites is 1. The van der Waals surface area contributed by atoms with Gasteiger partial charge in [-0.25, -0.2) is 9.78 Å². The Bertz CT molecular complexity index is 1000. The maximum Gasteiger partial charge on any atom is 0.340 e. The topological polar surface area (TPSA) is 70.4 Å². The molecular formula is C21H19NO3. The van der Waals surface area contributed by atoms with E-state index in [1.54, 1.807) is 12.1 Å². The molecule has 126 valence electrons. The van der Waals surface area contributed by atoms with Gasteiger partial charge in [-0.3, -0.25) is 0 Å². The maximum atomic E-state index is 11.8. The molecule has 3 aromatic rings. The van der Waals surface area contributed by atoms with Gasteiger partial charge in [-0.15, -0.1) is 0 Å². The number of nitrogens with zero attached hydrogens (tertiary/aromatic N) is 1. The van der Waals surface area contributed by atoms with E-state index in [1.807, 2.05) is 44.2 Å². The minimum atomic E-state index is -1.13. The Balaban J connectivity index is 2.02. The summed E-state index contributed by atoms with van der Waals surface area (Å²) in [5.74, 6) is -1.33. The first kappa shape index (κ1) is 15.6. The largest absolute Gasteiger partial charge is 0.505 e. The molecule has 1 aliphatic rings. The number of aromatic nitrogens is 1. The van der Waals surface area contributed by atoms with Crippen molar-refractivity contribution in [3.05, 3.63) is 70.4 Å². The van der Waals surface area contributed by atoms with Crippen LogP contribution in [0.1, 0.15) is 45.6 Å². The second-order valence-electron chi connectivity index (χ2n) is 6.91. The summed E-state index contributed by atoms with van der Waals surface area (Å²) in [4.78, 5) is 16.6. The zero-order valence-corrected chi connectivity index (χ0v) is 14.2. The van der Waals surface area contributed by atoms with Crippen molar-refractivity contribution in [2.24, 2.45) is 0 Å². The van der Waals surface area contributed by atoms with Gasteiger partial charge < -0.3 is 10.2 Å². The SMILES string of the molecule is Cc1ccc(C2(c3nc4c(C)cccc4c(C(=O)O)c3O)CC2)cc1. The average Bonchev–Trinajstić information content (AvgIpc) is 3.36. The van der Waals surface area contributed by atoms with Gasteiger partial charge in [-0.1, -0.05) is 48.0 Å². The van der Waals surface area contributed by atoms with Crippen LogP contribution in [0.15, 0.2) is 42.5 Å². The fraction of sp³-hybridized carbons (Fsp3) is 0.238. The van der Waals surface area contributed by atoms with Crippen molar-refractivity contribution in [2.75, 3.05) is 0 Å². The molecule has 0 atom stereocenters. The van der Waals surface area contributed by atoms with Crippen LogP contribution >= 0.6 is 0 Å². The van der Waals surface area contributed by atoms with Crippen LogP contribution in [0.4, 0.5) is 0 Å². The summed E-state index contributed by atoms with van der Waals surface area (Å²) in [6.07, 6.45) is 1.71. The average molecular weight is 333 g/mol. The Labute approximate surface area is 145 Å². The van der Waals surface area contributed by atoms with Crippen molar-refractivity contribution in [2.45, 2.75) is 32.1 Å². The number of carboxylic acid groups (broad SMARTS) is 1. The maximum absolute atomic E-state index is 11.8. The number of rotatable bonds is 3. The molecule has 1 fully saturated rings. The molecule has 0 spiro atoms. The fourth-order valence-electron chi connectivity index (χ4n) is 3.63. The third-order valence-corrected chi connectivity index (χ3v) is 5.21. The summed E-state index contributed by atoms with van der Waals surface area (Å²) in [5.41, 5.74) is 3.82. The van der Waals surface area contributed by atoms with Crippen LogP contribution in [0.2, 0.25) is 0 Å². The van der Waals surface area contributed by atoms with Gasteiger partial charge in [0, 0.05) is 10.8 Å². The smallest absolute Gasteiger partial charge is 0.340 e. The van der Waals surface area contributed by atoms with Gasteiger partial charge in [0.05, 0.1) is 11.2 Å². The van der Waals surface area contributed by atoms with Gasteiger partial charge >= 0.3 is 5.97 Å². The van der Waals surface area contributed by atoms with E-state index in [9.17, 15) is 15.0 Å². The lowest BCUT2D eigenvalue weighted by Crippen LogP contribution is -2.14. The summed E-state index contributed by atoms with van der Waals surface area (Å²) >= 11 is 0. The third kappa shape index (κ3) is 2.29. The second kappa shape index (κ2) is 5.31. The van der Waals surface area contributed by atoms with Gasteiger partial charge in [-0.05, 0) is 37.8 Å². The highest BCUT2D eigenvalue weighted by Crippen LogP contribution is 2.56. The van der Waals surface area contributed by atoms with Gasteiger partial charge in [0.15, 0.2) is 5.75 Å². The van der Waals surface area contributed by atoms with E-state index < -0.39 is 11.4 Å². The molecule has 1 saturated carbocycles. The quantitative estimate of drug-likeness (QED) is 0.748. The standard InChI is InChI=1S/C21H19NO3/c1-12-6-8-14(9-7-12)21(10-11-21)19-18(23)16(20(24)25)15-5-3-4-13(2)17(15)22-19/h3-9,23H,10-11H2,1-2H3,(H,24,25). The van der Waals surface area contributed by atoms with Gasteiger partial charge in [-0.2, -0.15) is 0 Å². The number of hydrogen-bond donors (Lipinski definition) is 2. The van der Waals surface area contributed by atoms with E-state index >= 15 is 0 Å². The first-order chi connectivity index (χ1) is 11.9. The van der Waals surface area contributed by atoms with Crippen LogP contribution in [0.5, 0.6) is 5.75 Å². The minimum Gasteiger partial charge on any atom is -0.505 e. The van der Waals surface area contributed by atoms with Crippen molar-refractivity contribution >= 4 is 16.9 Å². The summed E-state index contributed by atoms with van der Waals surface area (Å²) in [6, 6.07) is 13.6. The molecule has 0 bridgehead atoms. The number of benzene rings is 2. The summed E-state index contributed by atoms with van der Waals surface area (Å²) in [5, 5.41) is 21.0. The number of aryl methyl sites for hydroxylation is 2. The van der Waals surface area contributed by atoms with E-state index in [2.05, 4.69) is 0 Å². The minimum absolute atomic E-state index is 0.0536. The molecule has 0 saturated heterocycles. The van der Waals surface area contributed by atoms with Crippen molar-refractivity contribution < 1.29 is 15.0 Å². The van der Waals surface area contributed by atoms with Crippen LogP contribution in [-0.2, 0) is 5.41 Å². The Hall–Kier alpha value is -2.88. The van der Waals surface area contributed by atoms with Crippen LogP contribution in [0, 0.1) is 13.8 Å². The monoisotopic (exact) mass is 333 g/mol. The van der Waals surface area contributed by atoms with E-state index in [-0.39, 0.29) is 11.3 Å². The molecule has 0 radical (unpaired) electrons. The number of hydrogen-bond acceptors (Lipinski definition) is 3. The Morgan fingerprint density at radius 2 is 1.76 bits per heavy atom. The van der Waals surface area contributed by atoms with Crippen molar-refractivity contribution in [1.29, 1.82) is 0 Å². The predicted octanol–water partition coefficient (Wildman–Crippen LogP) is 4.34. The number of fused-ring (bicyclic) bond motifs is 1. The van der Waals surface area contributed by atoms with Gasteiger partial charge in [0.25, 0.3) is 0 Å². The Morgan fingerprint density at radius 3 is 2.36 bits per heavy atom. The molecule has 1 aromatic heterocycles. The molecule has 0 aliphatic heterocycles. The van der Waals surface area contributed by atoms with E-state index in [1.165, 1.54) is 0 Å². The lowest BCUT2D eigenvalue weighted by Gasteiger charge is -2.20. The molecule has 4 heteroatoms. The molecule has 0 unspecified atom stereocenters. The van der Waals surface area contributed by atoms with E-state index in [0.717, 1.165) is 29.5 Å². The molecule has 1 aliphatic carbocycles. The molecule has 0 amide bonds. The van der Waals surface area contributed by atoms with Crippen LogP contribution < -0.4 is 0 Å². The van der Waals surface area contributed by atoms with E-state index in [4.69, 9.17) is 4.98 Å². The third-order valence-electron chi connectivity index (χ3n) is 5.21. The van der Waals surface area contributed by atoms with Crippen molar-refractivity contribution in [3.8, 4) is 5.75 Å². The molecular weight excluding hydrogens is 314 g/mol. The normalized spacial score (nSPS) is 15.3. The molecule has 4 rings (SSSR count). The van der Waals surface area contributed by atoms with Gasteiger partial charge in [0.2, 0.25) is 0 Å². The van der Waals surface area contributed by atoms with Gasteiger partial charge in [0.1, 0.15) is 5.56 Å². The number of pyridine rings is 1. The fourth-order valence-corrected chi connectivity index (χ4v) is 3.63. The van der Waals surface area contributed by atoms with Crippen LogP contribution in [0.25, 0.3) is 10.9 Å². The van der Waals surface area contributed by atoms with E-state index in [0.29, 0.717) is 16.6 Å². The second-order valence-corrected chi connectivity index (χ2v) is 6.91.